The highest BCUT2D eigenvalue weighted by atomic mass is 19.1. The Bertz CT molecular complexity index is 352. The van der Waals surface area contributed by atoms with Crippen LogP contribution in [0.25, 0.3) is 0 Å². The molecule has 2 nitrogen and oxygen atoms in total. The molecule has 0 bridgehead atoms. The van der Waals surface area contributed by atoms with Crippen LogP contribution in [0.2, 0.25) is 0 Å². The smallest absolute Gasteiger partial charge is 0.112 e. The Hall–Kier alpha value is -0.860. The van der Waals surface area contributed by atoms with E-state index in [-0.39, 0.29) is 11.5 Å². The fraction of sp³-hybridized carbons (Fsp3) is 0.750. The number of hydrogen-bond donors (Lipinski definition) is 0. The first kappa shape index (κ1) is 10.7. The summed E-state index contributed by atoms with van der Waals surface area (Å²) < 4.78 is 15.3. The Morgan fingerprint density at radius 2 is 2.07 bits per heavy atom. The van der Waals surface area contributed by atoms with Crippen LogP contribution >= 0.6 is 0 Å². The maximum Gasteiger partial charge on any atom is 0.112 e. The van der Waals surface area contributed by atoms with Crippen molar-refractivity contribution in [3.05, 3.63) is 18.0 Å². The van der Waals surface area contributed by atoms with Crippen molar-refractivity contribution < 1.29 is 4.39 Å². The Morgan fingerprint density at radius 3 is 2.47 bits per heavy atom. The Kier molecular flexibility index (Phi) is 2.18. The monoisotopic (exact) mass is 210 g/mol. The van der Waals surface area contributed by atoms with Gasteiger partial charge in [-0.15, -0.1) is 0 Å². The first-order valence-corrected chi connectivity index (χ1v) is 5.51. The fourth-order valence-corrected chi connectivity index (χ4v) is 2.03. The molecule has 1 aromatic rings. The molecule has 0 aromatic carbocycles. The van der Waals surface area contributed by atoms with Gasteiger partial charge in [0.05, 0.1) is 12.2 Å². The highest BCUT2D eigenvalue weighted by Crippen LogP contribution is 2.43. The van der Waals surface area contributed by atoms with Crippen molar-refractivity contribution in [1.82, 2.24) is 9.78 Å². The van der Waals surface area contributed by atoms with Gasteiger partial charge < -0.3 is 0 Å². The number of nitrogens with zero attached hydrogens (tertiary/aromatic N) is 2. The Labute approximate surface area is 90.5 Å². The molecule has 0 spiro atoms. The van der Waals surface area contributed by atoms with Gasteiger partial charge in [0, 0.05) is 19.0 Å². The first-order valence-electron chi connectivity index (χ1n) is 5.51. The molecule has 3 heteroatoms. The summed E-state index contributed by atoms with van der Waals surface area (Å²) in [6.45, 7) is 8.15. The van der Waals surface area contributed by atoms with Gasteiger partial charge in [-0.05, 0) is 17.9 Å². The summed E-state index contributed by atoms with van der Waals surface area (Å²) in [6, 6.07) is 0.260. The molecule has 84 valence electrons. The second kappa shape index (κ2) is 3.06. The SMILES string of the molecule is CC1(F)CC(n2cc(C(C)(C)C)cn2)C1. The van der Waals surface area contributed by atoms with Gasteiger partial charge in [-0.1, -0.05) is 20.8 Å². The molecule has 1 aromatic heterocycles. The lowest BCUT2D eigenvalue weighted by Crippen LogP contribution is -2.38. The van der Waals surface area contributed by atoms with Crippen LogP contribution in [-0.4, -0.2) is 15.4 Å². The predicted molar refractivity (Wildman–Crippen MR) is 58.7 cm³/mol. The number of hydrogen-bond acceptors (Lipinski definition) is 1. The molecule has 0 N–H and O–H groups in total. The zero-order chi connectivity index (χ0) is 11.3. The van der Waals surface area contributed by atoms with Crippen LogP contribution < -0.4 is 0 Å². The number of halogens is 1. The van der Waals surface area contributed by atoms with E-state index >= 15 is 0 Å². The molecule has 1 saturated carbocycles. The van der Waals surface area contributed by atoms with Crippen molar-refractivity contribution in [3.8, 4) is 0 Å². The highest BCUT2D eigenvalue weighted by Gasteiger charge is 2.42. The van der Waals surface area contributed by atoms with Crippen LogP contribution in [0, 0.1) is 0 Å². The van der Waals surface area contributed by atoms with Gasteiger partial charge >= 0.3 is 0 Å². The van der Waals surface area contributed by atoms with Crippen molar-refractivity contribution in [2.75, 3.05) is 0 Å². The summed E-state index contributed by atoms with van der Waals surface area (Å²) >= 11 is 0. The zero-order valence-corrected chi connectivity index (χ0v) is 9.92. The average molecular weight is 210 g/mol. The minimum Gasteiger partial charge on any atom is -0.269 e. The minimum absolute atomic E-state index is 0.126. The van der Waals surface area contributed by atoms with Crippen LogP contribution in [-0.2, 0) is 5.41 Å². The first-order chi connectivity index (χ1) is 6.78. The van der Waals surface area contributed by atoms with Crippen LogP contribution in [0.15, 0.2) is 12.4 Å². The number of rotatable bonds is 1. The lowest BCUT2D eigenvalue weighted by atomic mass is 9.79. The van der Waals surface area contributed by atoms with E-state index in [2.05, 4.69) is 32.1 Å². The maximum atomic E-state index is 13.3. The van der Waals surface area contributed by atoms with Crippen LogP contribution in [0.1, 0.15) is 52.1 Å². The van der Waals surface area contributed by atoms with Gasteiger partial charge in [-0.2, -0.15) is 5.10 Å². The molecule has 0 aliphatic heterocycles. The standard InChI is InChI=1S/C12H19FN2/c1-11(2,3)9-7-14-15(8-9)10-5-12(4,13)6-10/h7-8,10H,5-6H2,1-4H3. The van der Waals surface area contributed by atoms with Gasteiger partial charge in [0.2, 0.25) is 0 Å². The van der Waals surface area contributed by atoms with Gasteiger partial charge in [0.1, 0.15) is 5.67 Å². The third-order valence-corrected chi connectivity index (χ3v) is 3.16. The topological polar surface area (TPSA) is 17.8 Å². The normalized spacial score (nSPS) is 31.4. The summed E-state index contributed by atoms with van der Waals surface area (Å²) in [6.07, 6.45) is 5.14. The average Bonchev–Trinajstić information content (AvgIpc) is 2.45. The third kappa shape index (κ3) is 2.06. The van der Waals surface area contributed by atoms with Crippen LogP contribution in [0.4, 0.5) is 4.39 Å². The molecule has 1 fully saturated rings. The van der Waals surface area contributed by atoms with E-state index in [4.69, 9.17) is 0 Å². The molecule has 0 atom stereocenters. The van der Waals surface area contributed by atoms with Gasteiger partial charge in [0.25, 0.3) is 0 Å². The molecule has 1 heterocycles. The van der Waals surface area contributed by atoms with Crippen molar-refractivity contribution in [2.45, 2.75) is 57.7 Å². The molecule has 0 amide bonds. The molecule has 0 radical (unpaired) electrons. The molecule has 1 aliphatic carbocycles. The van der Waals surface area contributed by atoms with Gasteiger partial charge in [-0.25, -0.2) is 4.39 Å². The molecular formula is C12H19FN2. The summed E-state index contributed by atoms with van der Waals surface area (Å²) in [4.78, 5) is 0. The van der Waals surface area contributed by atoms with Crippen molar-refractivity contribution in [1.29, 1.82) is 0 Å². The van der Waals surface area contributed by atoms with Crippen LogP contribution in [0.5, 0.6) is 0 Å². The summed E-state index contributed by atoms with van der Waals surface area (Å²) in [5.41, 5.74) is 0.370. The molecule has 2 rings (SSSR count). The van der Waals surface area contributed by atoms with E-state index in [1.54, 1.807) is 6.92 Å². The lowest BCUT2D eigenvalue weighted by Gasteiger charge is -2.38. The van der Waals surface area contributed by atoms with E-state index in [9.17, 15) is 4.39 Å². The van der Waals surface area contributed by atoms with E-state index < -0.39 is 5.67 Å². The summed E-state index contributed by atoms with van der Waals surface area (Å²) in [5.74, 6) is 0. The second-order valence-corrected chi connectivity index (χ2v) is 5.93. The van der Waals surface area contributed by atoms with Crippen molar-refractivity contribution >= 4 is 0 Å². The van der Waals surface area contributed by atoms with E-state index in [1.807, 2.05) is 10.9 Å². The lowest BCUT2D eigenvalue weighted by molar-refractivity contribution is 0.0264. The van der Waals surface area contributed by atoms with Crippen molar-refractivity contribution in [2.24, 2.45) is 0 Å². The molecule has 0 saturated heterocycles. The quantitative estimate of drug-likeness (QED) is 0.695. The van der Waals surface area contributed by atoms with E-state index in [0.29, 0.717) is 12.8 Å². The molecular weight excluding hydrogens is 191 g/mol. The van der Waals surface area contributed by atoms with Gasteiger partial charge in [0.15, 0.2) is 0 Å². The number of alkyl halides is 1. The zero-order valence-electron chi connectivity index (χ0n) is 9.92. The fourth-order valence-electron chi connectivity index (χ4n) is 2.03. The largest absolute Gasteiger partial charge is 0.269 e. The number of aromatic nitrogens is 2. The molecule has 15 heavy (non-hydrogen) atoms. The van der Waals surface area contributed by atoms with Crippen LogP contribution in [0.3, 0.4) is 0 Å². The summed E-state index contributed by atoms with van der Waals surface area (Å²) in [7, 11) is 0. The highest BCUT2D eigenvalue weighted by molar-refractivity contribution is 5.16. The minimum atomic E-state index is -0.974. The van der Waals surface area contributed by atoms with Crippen molar-refractivity contribution in [3.63, 3.8) is 0 Å². The van der Waals surface area contributed by atoms with Gasteiger partial charge in [-0.3, -0.25) is 4.68 Å². The van der Waals surface area contributed by atoms with E-state index in [1.165, 1.54) is 5.56 Å². The predicted octanol–water partition coefficient (Wildman–Crippen LogP) is 3.24. The Morgan fingerprint density at radius 1 is 1.47 bits per heavy atom. The van der Waals surface area contributed by atoms with E-state index in [0.717, 1.165) is 0 Å². The molecule has 1 aliphatic rings. The molecule has 0 unspecified atom stereocenters. The second-order valence-electron chi connectivity index (χ2n) is 5.93. The third-order valence-electron chi connectivity index (χ3n) is 3.16. The Balaban J connectivity index is 2.10. The maximum absolute atomic E-state index is 13.3. The summed E-state index contributed by atoms with van der Waals surface area (Å²) in [5, 5.41) is 4.32.